The molecule has 0 aromatic heterocycles. The Kier molecular flexibility index (Phi) is 13.4. The van der Waals surface area contributed by atoms with Crippen molar-refractivity contribution >= 4 is 24.4 Å². The minimum Gasteiger partial charge on any atom is -0.480 e. The molecule has 3 atom stereocenters. The third kappa shape index (κ3) is 12.2. The van der Waals surface area contributed by atoms with Gasteiger partial charge in [0.2, 0.25) is 0 Å². The van der Waals surface area contributed by atoms with Crippen LogP contribution in [0.5, 0.6) is 11.5 Å². The molecule has 3 N–H and O–H groups in total. The van der Waals surface area contributed by atoms with E-state index < -0.39 is 53.5 Å². The van der Waals surface area contributed by atoms with Crippen molar-refractivity contribution in [3.8, 4) is 11.5 Å². The number of hydrogen-bond donors (Lipinski definition) is 2. The van der Waals surface area contributed by atoms with Crippen LogP contribution in [0.4, 0.5) is 14.4 Å². The van der Waals surface area contributed by atoms with Gasteiger partial charge in [0, 0.05) is 5.92 Å². The van der Waals surface area contributed by atoms with Gasteiger partial charge in [-0.25, -0.2) is 14.4 Å². The molecule has 12 nitrogen and oxygen atoms in total. The second kappa shape index (κ2) is 15.5. The van der Waals surface area contributed by atoms with Crippen molar-refractivity contribution in [2.24, 2.45) is 17.6 Å². The van der Waals surface area contributed by atoms with Crippen LogP contribution >= 0.6 is 0 Å². The summed E-state index contributed by atoms with van der Waals surface area (Å²) >= 11 is 0. The lowest BCUT2D eigenvalue weighted by Crippen LogP contribution is -2.40. The first kappa shape index (κ1) is 35.5. The third-order valence-corrected chi connectivity index (χ3v) is 6.45. The molecule has 0 bridgehead atoms. The van der Waals surface area contributed by atoms with E-state index in [4.69, 9.17) is 34.2 Å². The first-order chi connectivity index (χ1) is 18.9. The number of carboxylic acids is 1. The number of carbonyl (C=O) groups is 4. The molecule has 2 unspecified atom stereocenters. The first-order valence-electron chi connectivity index (χ1n) is 13.6. The summed E-state index contributed by atoms with van der Waals surface area (Å²) in [5, 5.41) is 9.71. The molecule has 0 saturated carbocycles. The van der Waals surface area contributed by atoms with Crippen LogP contribution in [0, 0.1) is 11.8 Å². The summed E-state index contributed by atoms with van der Waals surface area (Å²) in [5.74, 6) is -3.13. The fourth-order valence-corrected chi connectivity index (χ4v) is 3.34. The zero-order chi connectivity index (χ0) is 31.5. The van der Waals surface area contributed by atoms with E-state index in [1.807, 2.05) is 27.7 Å². The van der Waals surface area contributed by atoms with Gasteiger partial charge in [-0.15, -0.1) is 0 Å². The van der Waals surface area contributed by atoms with Gasteiger partial charge in [0.15, 0.2) is 11.5 Å². The van der Waals surface area contributed by atoms with Crippen molar-refractivity contribution in [2.75, 3.05) is 13.2 Å². The number of benzene rings is 1. The number of hydrogen-bond acceptors (Lipinski definition) is 11. The standard InChI is InChI=1S/C29H45NO11/c1-10-28(6,7)40-26(34)38-20-13-12-19(14-21(20)39-27(35)41-29(8,9)11-2)22(23(30)24(31)32)18(5)16-37-25(33)36-15-17(3)4/h12-14,17-18,22-23H,10-11,15-16,30H2,1-9H3,(H,31,32)/t18?,22?,23-/m0/s1. The summed E-state index contributed by atoms with van der Waals surface area (Å²) in [4.78, 5) is 49.0. The lowest BCUT2D eigenvalue weighted by atomic mass is 9.82. The van der Waals surface area contributed by atoms with Crippen molar-refractivity contribution in [3.05, 3.63) is 23.8 Å². The van der Waals surface area contributed by atoms with E-state index in [0.717, 1.165) is 0 Å². The van der Waals surface area contributed by atoms with Gasteiger partial charge in [-0.05, 0) is 70.1 Å². The highest BCUT2D eigenvalue weighted by atomic mass is 16.8. The Morgan fingerprint density at radius 3 is 1.76 bits per heavy atom. The van der Waals surface area contributed by atoms with E-state index in [-0.39, 0.29) is 30.6 Å². The molecule has 0 fully saturated rings. The summed E-state index contributed by atoms with van der Waals surface area (Å²) in [6.45, 7) is 15.8. The maximum Gasteiger partial charge on any atom is 0.514 e. The van der Waals surface area contributed by atoms with E-state index in [1.54, 1.807) is 34.6 Å². The summed E-state index contributed by atoms with van der Waals surface area (Å²) in [7, 11) is 0. The van der Waals surface area contributed by atoms with Gasteiger partial charge >= 0.3 is 24.4 Å². The van der Waals surface area contributed by atoms with Crippen molar-refractivity contribution in [1.82, 2.24) is 0 Å². The Balaban J connectivity index is 3.40. The minimum atomic E-state index is -1.43. The Morgan fingerprint density at radius 1 is 0.805 bits per heavy atom. The molecule has 0 aliphatic heterocycles. The molecule has 41 heavy (non-hydrogen) atoms. The normalized spacial score (nSPS) is 13.9. The van der Waals surface area contributed by atoms with Gasteiger partial charge in [-0.2, -0.15) is 0 Å². The van der Waals surface area contributed by atoms with Gasteiger partial charge in [0.1, 0.15) is 17.2 Å². The molecule has 0 amide bonds. The fraction of sp³-hybridized carbons (Fsp3) is 0.655. The molecule has 1 rings (SSSR count). The number of nitrogens with two attached hydrogens (primary N) is 1. The topological polar surface area (TPSA) is 170 Å². The molecular formula is C29H45NO11. The van der Waals surface area contributed by atoms with Crippen LogP contribution in [0.3, 0.4) is 0 Å². The van der Waals surface area contributed by atoms with E-state index in [2.05, 4.69) is 0 Å². The zero-order valence-electron chi connectivity index (χ0n) is 25.5. The molecule has 0 spiro atoms. The number of carboxylic acid groups (broad SMARTS) is 1. The molecule has 0 aliphatic rings. The lowest BCUT2D eigenvalue weighted by Gasteiger charge is -2.28. The van der Waals surface area contributed by atoms with E-state index in [0.29, 0.717) is 18.4 Å². The summed E-state index contributed by atoms with van der Waals surface area (Å²) in [6.07, 6.45) is -1.98. The molecule has 0 radical (unpaired) electrons. The van der Waals surface area contributed by atoms with Gasteiger partial charge in [0.25, 0.3) is 0 Å². The summed E-state index contributed by atoms with van der Waals surface area (Å²) in [6, 6.07) is 2.70. The van der Waals surface area contributed by atoms with E-state index in [1.165, 1.54) is 18.2 Å². The molecule has 0 heterocycles. The van der Waals surface area contributed by atoms with Gasteiger partial charge < -0.3 is 39.3 Å². The van der Waals surface area contributed by atoms with Crippen LogP contribution in [0.15, 0.2) is 18.2 Å². The quantitative estimate of drug-likeness (QED) is 0.148. The highest BCUT2D eigenvalue weighted by Crippen LogP contribution is 2.36. The minimum absolute atomic E-state index is 0.104. The van der Waals surface area contributed by atoms with Crippen molar-refractivity contribution in [1.29, 1.82) is 0 Å². The van der Waals surface area contributed by atoms with E-state index in [9.17, 15) is 24.3 Å². The third-order valence-electron chi connectivity index (χ3n) is 6.45. The number of ether oxygens (including phenoxy) is 6. The second-order valence-corrected chi connectivity index (χ2v) is 11.5. The summed E-state index contributed by atoms with van der Waals surface area (Å²) in [5.41, 5.74) is 4.71. The average molecular weight is 584 g/mol. The molecular weight excluding hydrogens is 538 g/mol. The lowest BCUT2D eigenvalue weighted by molar-refractivity contribution is -0.139. The summed E-state index contributed by atoms with van der Waals surface area (Å²) < 4.78 is 31.6. The van der Waals surface area contributed by atoms with Crippen LogP contribution in [0.25, 0.3) is 0 Å². The van der Waals surface area contributed by atoms with E-state index >= 15 is 0 Å². The van der Waals surface area contributed by atoms with Crippen molar-refractivity contribution < 1.29 is 52.7 Å². The number of aliphatic carboxylic acids is 1. The monoisotopic (exact) mass is 583 g/mol. The predicted octanol–water partition coefficient (Wildman–Crippen LogP) is 6.04. The first-order valence-corrected chi connectivity index (χ1v) is 13.6. The molecule has 0 saturated heterocycles. The van der Waals surface area contributed by atoms with Crippen molar-refractivity contribution in [2.45, 2.75) is 98.3 Å². The van der Waals surface area contributed by atoms with Crippen LogP contribution in [0.1, 0.15) is 86.6 Å². The van der Waals surface area contributed by atoms with Gasteiger partial charge in [-0.3, -0.25) is 4.79 Å². The molecule has 0 aliphatic carbocycles. The van der Waals surface area contributed by atoms with Crippen LogP contribution in [0.2, 0.25) is 0 Å². The molecule has 1 aromatic carbocycles. The largest absolute Gasteiger partial charge is 0.514 e. The zero-order valence-corrected chi connectivity index (χ0v) is 25.5. The highest BCUT2D eigenvalue weighted by molar-refractivity contribution is 5.75. The number of rotatable bonds is 14. The maximum atomic E-state index is 12.6. The van der Waals surface area contributed by atoms with Crippen LogP contribution in [-0.4, -0.2) is 60.0 Å². The number of carbonyl (C=O) groups excluding carboxylic acids is 3. The second-order valence-electron chi connectivity index (χ2n) is 11.5. The Morgan fingerprint density at radius 2 is 1.29 bits per heavy atom. The van der Waals surface area contributed by atoms with Crippen LogP contribution in [-0.2, 0) is 23.7 Å². The Hall–Kier alpha value is -3.54. The molecule has 1 aromatic rings. The maximum absolute atomic E-state index is 12.6. The Labute approximate surface area is 241 Å². The van der Waals surface area contributed by atoms with Gasteiger partial charge in [0.05, 0.1) is 13.2 Å². The fourth-order valence-electron chi connectivity index (χ4n) is 3.34. The molecule has 12 heteroatoms. The molecule has 232 valence electrons. The smallest absolute Gasteiger partial charge is 0.480 e. The Bertz CT molecular complexity index is 1050. The van der Waals surface area contributed by atoms with Crippen molar-refractivity contribution in [3.63, 3.8) is 0 Å². The highest BCUT2D eigenvalue weighted by Gasteiger charge is 2.33. The van der Waals surface area contributed by atoms with Gasteiger partial charge in [-0.1, -0.05) is 40.7 Å². The SMILES string of the molecule is CCC(C)(C)OC(=O)Oc1ccc(C(C(C)COC(=O)OCC(C)C)[C@H](N)C(=O)O)cc1OC(=O)OC(C)(C)CC. The average Bonchev–Trinajstić information content (AvgIpc) is 2.86. The van der Waals surface area contributed by atoms with Crippen LogP contribution < -0.4 is 15.2 Å². The predicted molar refractivity (Wildman–Crippen MR) is 149 cm³/mol.